The molecule has 1 N–H and O–H groups in total. The number of halogens is 4. The maximum atomic E-state index is 12.1. The summed E-state index contributed by atoms with van der Waals surface area (Å²) in [5.41, 5.74) is 0.0836. The average molecular weight is 315 g/mol. The zero-order valence-corrected chi connectivity index (χ0v) is 10.1. The van der Waals surface area contributed by atoms with Gasteiger partial charge in [-0.25, -0.2) is 0 Å². The molecule has 0 saturated carbocycles. The first-order chi connectivity index (χ1) is 7.41. The number of benzene rings is 1. The number of alkyl halides is 2. The van der Waals surface area contributed by atoms with Crippen molar-refractivity contribution < 1.29 is 23.4 Å². The summed E-state index contributed by atoms with van der Waals surface area (Å²) in [6.07, 6.45) is -0.455. The van der Waals surface area contributed by atoms with Gasteiger partial charge in [0, 0.05) is 10.0 Å². The second kappa shape index (κ2) is 5.45. The zero-order chi connectivity index (χ0) is 12.3. The van der Waals surface area contributed by atoms with Gasteiger partial charge in [-0.05, 0) is 12.1 Å². The minimum Gasteiger partial charge on any atom is -0.481 e. The molecule has 0 amide bonds. The number of aliphatic carboxylic acids is 1. The molecule has 1 rings (SSSR count). The van der Waals surface area contributed by atoms with E-state index in [-0.39, 0.29) is 16.3 Å². The van der Waals surface area contributed by atoms with E-state index in [2.05, 4.69) is 20.7 Å². The van der Waals surface area contributed by atoms with E-state index in [0.29, 0.717) is 4.47 Å². The molecule has 0 fully saturated rings. The lowest BCUT2D eigenvalue weighted by molar-refractivity contribution is -0.136. The summed E-state index contributed by atoms with van der Waals surface area (Å²) in [5.74, 6) is -1.48. The first-order valence-corrected chi connectivity index (χ1v) is 5.22. The van der Waals surface area contributed by atoms with E-state index >= 15 is 0 Å². The van der Waals surface area contributed by atoms with Gasteiger partial charge in [0.15, 0.2) is 0 Å². The third-order valence-electron chi connectivity index (χ3n) is 1.69. The number of carboxylic acids is 1. The summed E-state index contributed by atoms with van der Waals surface area (Å²) in [7, 11) is 0. The van der Waals surface area contributed by atoms with E-state index < -0.39 is 19.0 Å². The highest BCUT2D eigenvalue weighted by Crippen LogP contribution is 2.35. The van der Waals surface area contributed by atoms with E-state index in [4.69, 9.17) is 16.7 Å². The van der Waals surface area contributed by atoms with Crippen LogP contribution in [0.2, 0.25) is 5.02 Å². The normalized spacial score (nSPS) is 10.6. The molecule has 88 valence electrons. The number of hydrogen-bond donors (Lipinski definition) is 1. The van der Waals surface area contributed by atoms with Crippen LogP contribution in [0.25, 0.3) is 0 Å². The topological polar surface area (TPSA) is 46.5 Å². The quantitative estimate of drug-likeness (QED) is 0.927. The van der Waals surface area contributed by atoms with Gasteiger partial charge in [0.25, 0.3) is 0 Å². The monoisotopic (exact) mass is 314 g/mol. The molecule has 0 unspecified atom stereocenters. The Labute approximate surface area is 103 Å². The van der Waals surface area contributed by atoms with Crippen LogP contribution in [0.1, 0.15) is 5.56 Å². The van der Waals surface area contributed by atoms with Crippen LogP contribution in [0.15, 0.2) is 16.6 Å². The number of carboxylic acid groups (broad SMARTS) is 1. The van der Waals surface area contributed by atoms with Crippen molar-refractivity contribution in [3.63, 3.8) is 0 Å². The van der Waals surface area contributed by atoms with Gasteiger partial charge in [-0.2, -0.15) is 8.78 Å². The van der Waals surface area contributed by atoms with Crippen molar-refractivity contribution in [1.82, 2.24) is 0 Å². The molecule has 1 aromatic rings. The molecule has 16 heavy (non-hydrogen) atoms. The highest BCUT2D eigenvalue weighted by atomic mass is 79.9. The molecule has 0 atom stereocenters. The van der Waals surface area contributed by atoms with Crippen LogP contribution >= 0.6 is 27.5 Å². The van der Waals surface area contributed by atoms with E-state index in [9.17, 15) is 13.6 Å². The Morgan fingerprint density at radius 1 is 1.56 bits per heavy atom. The lowest BCUT2D eigenvalue weighted by Gasteiger charge is -2.12. The zero-order valence-electron chi connectivity index (χ0n) is 7.71. The second-order valence-electron chi connectivity index (χ2n) is 2.79. The number of rotatable bonds is 4. The van der Waals surface area contributed by atoms with Crippen molar-refractivity contribution in [2.45, 2.75) is 13.0 Å². The van der Waals surface area contributed by atoms with Gasteiger partial charge in [0.2, 0.25) is 0 Å². The van der Waals surface area contributed by atoms with E-state index in [1.807, 2.05) is 0 Å². The maximum Gasteiger partial charge on any atom is 0.387 e. The van der Waals surface area contributed by atoms with E-state index in [0.717, 1.165) is 0 Å². The molecule has 0 spiro atoms. The molecule has 0 aliphatic heterocycles. The van der Waals surface area contributed by atoms with Gasteiger partial charge in [0.1, 0.15) is 5.75 Å². The average Bonchev–Trinajstić information content (AvgIpc) is 2.16. The molecule has 7 heteroatoms. The minimum atomic E-state index is -3.06. The van der Waals surface area contributed by atoms with Crippen LogP contribution in [0, 0.1) is 0 Å². The van der Waals surface area contributed by atoms with Crippen LogP contribution < -0.4 is 4.74 Å². The van der Waals surface area contributed by atoms with Crippen LogP contribution in [0.3, 0.4) is 0 Å². The summed E-state index contributed by atoms with van der Waals surface area (Å²) in [5, 5.41) is 8.58. The van der Waals surface area contributed by atoms with Crippen molar-refractivity contribution >= 4 is 33.5 Å². The SMILES string of the molecule is O=C(O)Cc1c(Br)ccc(Cl)c1OC(F)F. The van der Waals surface area contributed by atoms with E-state index in [1.165, 1.54) is 12.1 Å². The Kier molecular flexibility index (Phi) is 4.49. The number of hydrogen-bond acceptors (Lipinski definition) is 2. The highest BCUT2D eigenvalue weighted by molar-refractivity contribution is 9.10. The van der Waals surface area contributed by atoms with Crippen LogP contribution in [-0.4, -0.2) is 17.7 Å². The molecule has 0 saturated heterocycles. The van der Waals surface area contributed by atoms with Gasteiger partial charge < -0.3 is 9.84 Å². The number of ether oxygens (including phenoxy) is 1. The Bertz CT molecular complexity index is 412. The Morgan fingerprint density at radius 2 is 2.19 bits per heavy atom. The van der Waals surface area contributed by atoms with Crippen molar-refractivity contribution in [3.8, 4) is 5.75 Å². The maximum absolute atomic E-state index is 12.1. The summed E-state index contributed by atoms with van der Waals surface area (Å²) in [4.78, 5) is 10.6. The van der Waals surface area contributed by atoms with Gasteiger partial charge >= 0.3 is 12.6 Å². The minimum absolute atomic E-state index is 0.0558. The van der Waals surface area contributed by atoms with Crippen molar-refractivity contribution in [1.29, 1.82) is 0 Å². The highest BCUT2D eigenvalue weighted by Gasteiger charge is 2.18. The fourth-order valence-corrected chi connectivity index (χ4v) is 1.78. The fraction of sp³-hybridized carbons (Fsp3) is 0.222. The molecule has 0 aromatic heterocycles. The molecule has 0 aliphatic carbocycles. The predicted molar refractivity (Wildman–Crippen MR) is 57.1 cm³/mol. The third kappa shape index (κ3) is 3.31. The molecule has 0 heterocycles. The van der Waals surface area contributed by atoms with Crippen molar-refractivity contribution in [3.05, 3.63) is 27.2 Å². The van der Waals surface area contributed by atoms with Crippen molar-refractivity contribution in [2.24, 2.45) is 0 Å². The largest absolute Gasteiger partial charge is 0.481 e. The summed E-state index contributed by atoms with van der Waals surface area (Å²) in [6.45, 7) is -3.06. The second-order valence-corrected chi connectivity index (χ2v) is 4.05. The number of carbonyl (C=O) groups is 1. The van der Waals surface area contributed by atoms with Gasteiger partial charge in [-0.1, -0.05) is 27.5 Å². The Hall–Kier alpha value is -0.880. The Morgan fingerprint density at radius 3 is 2.69 bits per heavy atom. The first-order valence-electron chi connectivity index (χ1n) is 4.05. The molecular weight excluding hydrogens is 309 g/mol. The van der Waals surface area contributed by atoms with Gasteiger partial charge in [-0.3, -0.25) is 4.79 Å². The predicted octanol–water partition coefficient (Wildman–Crippen LogP) is 3.33. The summed E-state index contributed by atoms with van der Waals surface area (Å²) >= 11 is 8.71. The first kappa shape index (κ1) is 13.2. The lowest BCUT2D eigenvalue weighted by atomic mass is 10.1. The molecule has 0 aliphatic rings. The van der Waals surface area contributed by atoms with Crippen molar-refractivity contribution in [2.75, 3.05) is 0 Å². The van der Waals surface area contributed by atoms with E-state index in [1.54, 1.807) is 0 Å². The van der Waals surface area contributed by atoms with Gasteiger partial charge in [-0.15, -0.1) is 0 Å². The van der Waals surface area contributed by atoms with Gasteiger partial charge in [0.05, 0.1) is 11.4 Å². The molecule has 0 radical (unpaired) electrons. The smallest absolute Gasteiger partial charge is 0.387 e. The summed E-state index contributed by atoms with van der Waals surface area (Å²) < 4.78 is 28.8. The lowest BCUT2D eigenvalue weighted by Crippen LogP contribution is -2.08. The Balaban J connectivity index is 3.19. The van der Waals surface area contributed by atoms with Crippen LogP contribution in [-0.2, 0) is 11.2 Å². The molecule has 1 aromatic carbocycles. The molecular formula is C9H6BrClF2O3. The fourth-order valence-electron chi connectivity index (χ4n) is 1.11. The summed E-state index contributed by atoms with van der Waals surface area (Å²) in [6, 6.07) is 2.81. The standard InChI is InChI=1S/C9H6BrClF2O3/c10-5-1-2-6(11)8(16-9(12)13)4(5)3-7(14)15/h1-2,9H,3H2,(H,14,15). The molecule has 3 nitrogen and oxygen atoms in total. The van der Waals surface area contributed by atoms with Crippen LogP contribution in [0.4, 0.5) is 8.78 Å². The third-order valence-corrected chi connectivity index (χ3v) is 2.73. The van der Waals surface area contributed by atoms with Crippen LogP contribution in [0.5, 0.6) is 5.75 Å². The molecule has 0 bridgehead atoms.